The van der Waals surface area contributed by atoms with E-state index in [0.717, 1.165) is 6.54 Å². The summed E-state index contributed by atoms with van der Waals surface area (Å²) < 4.78 is 4.70. The van der Waals surface area contributed by atoms with Crippen LogP contribution in [0.1, 0.15) is 13.8 Å². The van der Waals surface area contributed by atoms with Crippen molar-refractivity contribution in [2.45, 2.75) is 13.8 Å². The fourth-order valence-electron chi connectivity index (χ4n) is 0.823. The summed E-state index contributed by atoms with van der Waals surface area (Å²) in [5.41, 5.74) is 0. The predicted molar refractivity (Wildman–Crippen MR) is 54.9 cm³/mol. The highest BCUT2D eigenvalue weighted by Crippen LogP contribution is 1.88. The van der Waals surface area contributed by atoms with Crippen molar-refractivity contribution < 1.29 is 14.6 Å². The van der Waals surface area contributed by atoms with Gasteiger partial charge >= 0.3 is 5.97 Å². The number of aliphatic hydroxyl groups is 1. The molecule has 0 fully saturated rings. The molecule has 1 atom stereocenters. The van der Waals surface area contributed by atoms with Gasteiger partial charge in [-0.25, -0.2) is 4.79 Å². The van der Waals surface area contributed by atoms with Gasteiger partial charge in [0.1, 0.15) is 0 Å². The lowest BCUT2D eigenvalue weighted by molar-refractivity contribution is -0.137. The molecule has 0 aliphatic carbocycles. The maximum Gasteiger partial charge on any atom is 0.330 e. The summed E-state index contributed by atoms with van der Waals surface area (Å²) in [4.78, 5) is 10.8. The van der Waals surface area contributed by atoms with Gasteiger partial charge in [0.15, 0.2) is 0 Å². The minimum absolute atomic E-state index is 0.175. The molecule has 82 valence electrons. The molecule has 0 aliphatic rings. The minimum atomic E-state index is -0.315. The fourth-order valence-corrected chi connectivity index (χ4v) is 0.823. The summed E-state index contributed by atoms with van der Waals surface area (Å²) in [5, 5.41) is 11.8. The van der Waals surface area contributed by atoms with Crippen LogP contribution in [0.2, 0.25) is 0 Å². The van der Waals surface area contributed by atoms with Crippen molar-refractivity contribution in [3.8, 4) is 0 Å². The minimum Gasteiger partial charge on any atom is -0.463 e. The van der Waals surface area contributed by atoms with Gasteiger partial charge in [0.2, 0.25) is 0 Å². The molecule has 1 unspecified atom stereocenters. The van der Waals surface area contributed by atoms with Crippen LogP contribution < -0.4 is 5.32 Å². The van der Waals surface area contributed by atoms with Crippen molar-refractivity contribution in [3.63, 3.8) is 0 Å². The maximum atomic E-state index is 10.8. The molecule has 0 aromatic carbocycles. The Hall–Kier alpha value is -0.870. The van der Waals surface area contributed by atoms with Crippen LogP contribution in [0.5, 0.6) is 0 Å². The third kappa shape index (κ3) is 7.76. The Labute approximate surface area is 85.0 Å². The standard InChI is InChI=1S/C10H19NO3/c1-3-14-10(13)5-4-6-11-7-9(2)8-12/h4-5,9,11-12H,3,6-8H2,1-2H3/b5-4+. The van der Waals surface area contributed by atoms with Gasteiger partial charge < -0.3 is 15.2 Å². The summed E-state index contributed by atoms with van der Waals surface area (Å²) in [6, 6.07) is 0. The SMILES string of the molecule is CCOC(=O)/C=C/CNCC(C)CO. The van der Waals surface area contributed by atoms with Crippen molar-refractivity contribution in [1.29, 1.82) is 0 Å². The molecule has 4 heteroatoms. The van der Waals surface area contributed by atoms with Crippen LogP contribution in [0.4, 0.5) is 0 Å². The van der Waals surface area contributed by atoms with E-state index >= 15 is 0 Å². The topological polar surface area (TPSA) is 58.6 Å². The molecule has 0 radical (unpaired) electrons. The van der Waals surface area contributed by atoms with Gasteiger partial charge in [-0.2, -0.15) is 0 Å². The summed E-state index contributed by atoms with van der Waals surface area (Å²) in [5.74, 6) is -0.0736. The van der Waals surface area contributed by atoms with E-state index in [-0.39, 0.29) is 18.5 Å². The zero-order chi connectivity index (χ0) is 10.8. The predicted octanol–water partition coefficient (Wildman–Crippen LogP) is 0.324. The summed E-state index contributed by atoms with van der Waals surface area (Å²) >= 11 is 0. The average molecular weight is 201 g/mol. The van der Waals surface area contributed by atoms with E-state index in [4.69, 9.17) is 9.84 Å². The maximum absolute atomic E-state index is 10.8. The lowest BCUT2D eigenvalue weighted by Gasteiger charge is -2.06. The summed E-state index contributed by atoms with van der Waals surface area (Å²) in [6.07, 6.45) is 3.11. The Kier molecular flexibility index (Phi) is 8.17. The van der Waals surface area contributed by atoms with Crippen molar-refractivity contribution in [2.24, 2.45) is 5.92 Å². The number of ether oxygens (including phenoxy) is 1. The van der Waals surface area contributed by atoms with Gasteiger partial charge in [0.25, 0.3) is 0 Å². The first-order valence-electron chi connectivity index (χ1n) is 4.85. The molecule has 4 nitrogen and oxygen atoms in total. The summed E-state index contributed by atoms with van der Waals surface area (Å²) in [7, 11) is 0. The highest BCUT2D eigenvalue weighted by molar-refractivity contribution is 5.81. The Morgan fingerprint density at radius 3 is 2.93 bits per heavy atom. The number of esters is 1. The molecule has 0 amide bonds. The largest absolute Gasteiger partial charge is 0.463 e. The second-order valence-electron chi connectivity index (χ2n) is 3.10. The van der Waals surface area contributed by atoms with E-state index in [1.54, 1.807) is 13.0 Å². The number of rotatable bonds is 7. The second kappa shape index (κ2) is 8.72. The van der Waals surface area contributed by atoms with Gasteiger partial charge in [-0.3, -0.25) is 0 Å². The Morgan fingerprint density at radius 1 is 1.64 bits per heavy atom. The van der Waals surface area contributed by atoms with Crippen molar-refractivity contribution in [2.75, 3.05) is 26.3 Å². The van der Waals surface area contributed by atoms with Crippen LogP contribution in [-0.2, 0) is 9.53 Å². The van der Waals surface area contributed by atoms with Gasteiger partial charge in [0.05, 0.1) is 6.61 Å². The van der Waals surface area contributed by atoms with Crippen molar-refractivity contribution in [1.82, 2.24) is 5.32 Å². The van der Waals surface area contributed by atoms with E-state index < -0.39 is 0 Å². The zero-order valence-corrected chi connectivity index (χ0v) is 8.82. The second-order valence-corrected chi connectivity index (χ2v) is 3.10. The molecule has 0 aromatic rings. The molecule has 0 spiro atoms. The van der Waals surface area contributed by atoms with Gasteiger partial charge in [-0.15, -0.1) is 0 Å². The molecular weight excluding hydrogens is 182 g/mol. The number of aliphatic hydroxyl groups excluding tert-OH is 1. The number of carbonyl (C=O) groups excluding carboxylic acids is 1. The van der Waals surface area contributed by atoms with Crippen molar-refractivity contribution >= 4 is 5.97 Å². The van der Waals surface area contributed by atoms with Crippen LogP contribution in [-0.4, -0.2) is 37.4 Å². The van der Waals surface area contributed by atoms with Crippen LogP contribution >= 0.6 is 0 Å². The van der Waals surface area contributed by atoms with Crippen LogP contribution in [0.15, 0.2) is 12.2 Å². The molecule has 0 aliphatic heterocycles. The number of hydrogen-bond donors (Lipinski definition) is 2. The lowest BCUT2D eigenvalue weighted by Crippen LogP contribution is -2.23. The molecule has 0 saturated heterocycles. The molecule has 14 heavy (non-hydrogen) atoms. The highest BCUT2D eigenvalue weighted by Gasteiger charge is 1.97. The van der Waals surface area contributed by atoms with Crippen LogP contribution in [0.25, 0.3) is 0 Å². The average Bonchev–Trinajstić information content (AvgIpc) is 2.17. The zero-order valence-electron chi connectivity index (χ0n) is 8.82. The Bertz CT molecular complexity index is 180. The molecule has 0 saturated carbocycles. The molecule has 0 aromatic heterocycles. The first kappa shape index (κ1) is 13.1. The smallest absolute Gasteiger partial charge is 0.330 e. The van der Waals surface area contributed by atoms with Crippen LogP contribution in [0.3, 0.4) is 0 Å². The Morgan fingerprint density at radius 2 is 2.36 bits per heavy atom. The van der Waals surface area contributed by atoms with E-state index in [9.17, 15) is 4.79 Å². The number of hydrogen-bond acceptors (Lipinski definition) is 4. The third-order valence-electron chi connectivity index (χ3n) is 1.61. The quantitative estimate of drug-likeness (QED) is 0.354. The normalized spacial score (nSPS) is 13.1. The van der Waals surface area contributed by atoms with E-state index in [1.165, 1.54) is 6.08 Å². The number of carbonyl (C=O) groups is 1. The van der Waals surface area contributed by atoms with Gasteiger partial charge in [0, 0.05) is 25.8 Å². The summed E-state index contributed by atoms with van der Waals surface area (Å²) in [6.45, 7) is 5.65. The monoisotopic (exact) mass is 201 g/mol. The molecule has 0 heterocycles. The van der Waals surface area contributed by atoms with Gasteiger partial charge in [-0.05, 0) is 12.8 Å². The van der Waals surface area contributed by atoms with Gasteiger partial charge in [-0.1, -0.05) is 13.0 Å². The molecule has 0 bridgehead atoms. The molecule has 0 rings (SSSR count). The van der Waals surface area contributed by atoms with E-state index in [2.05, 4.69) is 5.32 Å². The fraction of sp³-hybridized carbons (Fsp3) is 0.700. The first-order chi connectivity index (χ1) is 6.70. The molecule has 2 N–H and O–H groups in total. The van der Waals surface area contributed by atoms with Crippen LogP contribution in [0, 0.1) is 5.92 Å². The third-order valence-corrected chi connectivity index (χ3v) is 1.61. The highest BCUT2D eigenvalue weighted by atomic mass is 16.5. The lowest BCUT2D eigenvalue weighted by atomic mass is 10.2. The van der Waals surface area contributed by atoms with E-state index in [0.29, 0.717) is 13.2 Å². The molecular formula is C10H19NO3. The number of nitrogens with one attached hydrogen (secondary N) is 1. The van der Waals surface area contributed by atoms with Crippen molar-refractivity contribution in [3.05, 3.63) is 12.2 Å². The first-order valence-corrected chi connectivity index (χ1v) is 4.85. The van der Waals surface area contributed by atoms with E-state index in [1.807, 2.05) is 6.92 Å². The Balaban J connectivity index is 3.39.